The lowest BCUT2D eigenvalue weighted by atomic mass is 9.77. The molecule has 0 bridgehead atoms. The zero-order chi connectivity index (χ0) is 23.3. The molecule has 0 fully saturated rings. The van der Waals surface area contributed by atoms with Gasteiger partial charge in [0.1, 0.15) is 22.9 Å². The van der Waals surface area contributed by atoms with Gasteiger partial charge in [0.15, 0.2) is 0 Å². The lowest BCUT2D eigenvalue weighted by Gasteiger charge is -2.35. The number of carbonyl (C=O) groups is 1. The average Bonchev–Trinajstić information content (AvgIpc) is 3.38. The molecule has 1 aliphatic heterocycles. The van der Waals surface area contributed by atoms with Gasteiger partial charge in [0, 0.05) is 12.5 Å². The van der Waals surface area contributed by atoms with Gasteiger partial charge < -0.3 is 14.0 Å². The molecule has 4 aromatic carbocycles. The molecular weight excluding hydrogens is 424 g/mol. The summed E-state index contributed by atoms with van der Waals surface area (Å²) >= 11 is 0. The lowest BCUT2D eigenvalue weighted by Crippen LogP contribution is -2.34. The third-order valence-electron chi connectivity index (χ3n) is 6.50. The minimum absolute atomic E-state index is 0.341. The van der Waals surface area contributed by atoms with E-state index in [0.717, 1.165) is 44.9 Å². The van der Waals surface area contributed by atoms with Crippen molar-refractivity contribution in [1.82, 2.24) is 9.55 Å². The van der Waals surface area contributed by atoms with Crippen molar-refractivity contribution < 1.29 is 14.3 Å². The maximum absolute atomic E-state index is 11.5. The number of aromatic nitrogens is 2. The van der Waals surface area contributed by atoms with E-state index in [1.54, 1.807) is 7.11 Å². The second-order valence-corrected chi connectivity index (χ2v) is 8.36. The first kappa shape index (κ1) is 20.2. The predicted molar refractivity (Wildman–Crippen MR) is 131 cm³/mol. The number of hydrogen-bond acceptors (Lipinski definition) is 4. The Bertz CT molecular complexity index is 1530. The van der Waals surface area contributed by atoms with Crippen LogP contribution in [-0.4, -0.2) is 22.6 Å². The zero-order valence-electron chi connectivity index (χ0n) is 18.9. The molecule has 1 atom stereocenters. The average molecular weight is 447 g/mol. The molecular formula is C29H22N2O3. The van der Waals surface area contributed by atoms with E-state index in [0.29, 0.717) is 5.75 Å². The van der Waals surface area contributed by atoms with Gasteiger partial charge >= 0.3 is 5.97 Å². The number of para-hydroxylation sites is 2. The first-order valence-corrected chi connectivity index (χ1v) is 11.1. The molecule has 0 saturated heterocycles. The minimum atomic E-state index is -0.664. The van der Waals surface area contributed by atoms with Crippen LogP contribution >= 0.6 is 0 Å². The van der Waals surface area contributed by atoms with E-state index in [9.17, 15) is 4.79 Å². The van der Waals surface area contributed by atoms with Crippen molar-refractivity contribution in [2.24, 2.45) is 0 Å². The summed E-state index contributed by atoms with van der Waals surface area (Å²) in [4.78, 5) is 16.5. The second-order valence-electron chi connectivity index (χ2n) is 8.36. The van der Waals surface area contributed by atoms with E-state index in [1.807, 2.05) is 54.6 Å². The number of carbonyl (C=O) groups excluding carboxylic acids is 1. The Morgan fingerprint density at radius 2 is 1.41 bits per heavy atom. The molecule has 5 aromatic rings. The van der Waals surface area contributed by atoms with Crippen LogP contribution in [0.2, 0.25) is 0 Å². The molecule has 1 unspecified atom stereocenters. The van der Waals surface area contributed by atoms with Gasteiger partial charge in [-0.3, -0.25) is 4.79 Å². The number of hydrogen-bond donors (Lipinski definition) is 0. The van der Waals surface area contributed by atoms with Crippen LogP contribution in [0.25, 0.3) is 22.4 Å². The van der Waals surface area contributed by atoms with E-state index in [2.05, 4.69) is 47.0 Å². The smallest absolute Gasteiger partial charge is 0.308 e. The van der Waals surface area contributed by atoms with E-state index < -0.39 is 5.54 Å². The Labute approximate surface area is 197 Å². The first-order valence-electron chi connectivity index (χ1n) is 11.1. The van der Waals surface area contributed by atoms with Gasteiger partial charge in [0.05, 0.1) is 18.1 Å². The lowest BCUT2D eigenvalue weighted by molar-refractivity contribution is -0.131. The van der Waals surface area contributed by atoms with Gasteiger partial charge in [-0.15, -0.1) is 0 Å². The highest BCUT2D eigenvalue weighted by Crippen LogP contribution is 2.53. The standard InChI is InChI=1S/C29H22N2O3/c1-19(32)34-23-17-13-21(14-18-23)29(20-11-15-22(33-2)16-12-20)25-8-4-3-7-24(25)28-30-26-9-5-6-10-27(26)31(28)29/h3-18H,1-2H3. The van der Waals surface area contributed by atoms with Crippen molar-refractivity contribution in [3.63, 3.8) is 0 Å². The van der Waals surface area contributed by atoms with Gasteiger partial charge in [0.25, 0.3) is 0 Å². The van der Waals surface area contributed by atoms with Crippen molar-refractivity contribution in [3.8, 4) is 22.9 Å². The van der Waals surface area contributed by atoms with E-state index in [-0.39, 0.29) is 5.97 Å². The van der Waals surface area contributed by atoms with Gasteiger partial charge in [-0.2, -0.15) is 0 Å². The summed E-state index contributed by atoms with van der Waals surface area (Å²) in [5, 5.41) is 0. The summed E-state index contributed by atoms with van der Waals surface area (Å²) in [6.45, 7) is 1.41. The topological polar surface area (TPSA) is 53.4 Å². The zero-order valence-corrected chi connectivity index (χ0v) is 18.9. The number of benzene rings is 4. The number of methoxy groups -OCH3 is 1. The van der Waals surface area contributed by atoms with Crippen molar-refractivity contribution in [2.45, 2.75) is 12.5 Å². The summed E-state index contributed by atoms with van der Waals surface area (Å²) in [7, 11) is 1.67. The number of imidazole rings is 1. The van der Waals surface area contributed by atoms with Crippen molar-refractivity contribution in [3.05, 3.63) is 114 Å². The molecule has 0 amide bonds. The molecule has 166 valence electrons. The van der Waals surface area contributed by atoms with Crippen molar-refractivity contribution in [1.29, 1.82) is 0 Å². The molecule has 5 nitrogen and oxygen atoms in total. The van der Waals surface area contributed by atoms with Crippen LogP contribution < -0.4 is 9.47 Å². The van der Waals surface area contributed by atoms with Crippen molar-refractivity contribution >= 4 is 17.0 Å². The molecule has 2 heterocycles. The van der Waals surface area contributed by atoms with Crippen molar-refractivity contribution in [2.75, 3.05) is 7.11 Å². The van der Waals surface area contributed by atoms with Crippen LogP contribution in [0.5, 0.6) is 11.5 Å². The minimum Gasteiger partial charge on any atom is -0.497 e. The maximum Gasteiger partial charge on any atom is 0.308 e. The summed E-state index contributed by atoms with van der Waals surface area (Å²) in [6.07, 6.45) is 0. The molecule has 0 aliphatic carbocycles. The monoisotopic (exact) mass is 446 g/mol. The van der Waals surface area contributed by atoms with Gasteiger partial charge in [-0.1, -0.05) is 60.7 Å². The highest BCUT2D eigenvalue weighted by atomic mass is 16.5. The molecule has 0 spiro atoms. The Kier molecular flexibility index (Phi) is 4.52. The third-order valence-corrected chi connectivity index (χ3v) is 6.50. The largest absolute Gasteiger partial charge is 0.497 e. The fourth-order valence-electron chi connectivity index (χ4n) is 5.16. The number of ether oxygens (including phenoxy) is 2. The number of nitrogens with zero attached hydrogens (tertiary/aromatic N) is 2. The van der Waals surface area contributed by atoms with Crippen LogP contribution in [0.1, 0.15) is 23.6 Å². The second kappa shape index (κ2) is 7.59. The summed E-state index contributed by atoms with van der Waals surface area (Å²) in [6, 6.07) is 32.6. The van der Waals surface area contributed by atoms with Crippen LogP contribution in [0, 0.1) is 0 Å². The molecule has 1 aliphatic rings. The number of esters is 1. The van der Waals surface area contributed by atoms with E-state index in [1.165, 1.54) is 6.92 Å². The Morgan fingerprint density at radius 3 is 2.09 bits per heavy atom. The Balaban J connectivity index is 1.72. The Hall–Kier alpha value is -4.38. The van der Waals surface area contributed by atoms with E-state index >= 15 is 0 Å². The Morgan fingerprint density at radius 1 is 0.794 bits per heavy atom. The van der Waals surface area contributed by atoms with Gasteiger partial charge in [0.2, 0.25) is 0 Å². The highest BCUT2D eigenvalue weighted by Gasteiger charge is 2.47. The van der Waals surface area contributed by atoms with Gasteiger partial charge in [-0.05, 0) is 53.1 Å². The molecule has 0 saturated carbocycles. The number of fused-ring (bicyclic) bond motifs is 5. The molecule has 0 N–H and O–H groups in total. The summed E-state index contributed by atoms with van der Waals surface area (Å²) in [5.41, 5.74) is 5.70. The maximum atomic E-state index is 11.5. The third kappa shape index (κ3) is 2.80. The molecule has 34 heavy (non-hydrogen) atoms. The molecule has 1 aromatic heterocycles. The van der Waals surface area contributed by atoms with Gasteiger partial charge in [-0.25, -0.2) is 4.98 Å². The van der Waals surface area contributed by atoms with E-state index in [4.69, 9.17) is 14.5 Å². The molecule has 0 radical (unpaired) electrons. The number of rotatable bonds is 4. The quantitative estimate of drug-likeness (QED) is 0.254. The van der Waals surface area contributed by atoms with Crippen LogP contribution in [0.3, 0.4) is 0 Å². The van der Waals surface area contributed by atoms with Crippen LogP contribution in [0.15, 0.2) is 97.1 Å². The predicted octanol–water partition coefficient (Wildman–Crippen LogP) is 5.79. The molecule has 5 heteroatoms. The highest BCUT2D eigenvalue weighted by molar-refractivity contribution is 5.87. The SMILES string of the molecule is COc1ccc(C2(c3ccc(OC(C)=O)cc3)c3ccccc3-c3nc4ccccc4n32)cc1. The summed E-state index contributed by atoms with van der Waals surface area (Å²) < 4.78 is 13.1. The summed E-state index contributed by atoms with van der Waals surface area (Å²) in [5.74, 6) is 1.90. The molecule has 6 rings (SSSR count). The first-order chi connectivity index (χ1) is 16.6. The van der Waals surface area contributed by atoms with Crippen LogP contribution in [0.4, 0.5) is 0 Å². The van der Waals surface area contributed by atoms with Crippen LogP contribution in [-0.2, 0) is 10.3 Å². The fourth-order valence-corrected chi connectivity index (χ4v) is 5.16. The normalized spacial score (nSPS) is 16.2. The fraction of sp³-hybridized carbons (Fsp3) is 0.103.